The van der Waals surface area contributed by atoms with E-state index in [-0.39, 0.29) is 12.1 Å². The van der Waals surface area contributed by atoms with Crippen LogP contribution in [0.2, 0.25) is 0 Å². The van der Waals surface area contributed by atoms with Crippen LogP contribution in [-0.2, 0) is 22.3 Å². The second-order valence-corrected chi connectivity index (χ2v) is 11.4. The Hall–Kier alpha value is -3.06. The van der Waals surface area contributed by atoms with Crippen molar-refractivity contribution in [3.63, 3.8) is 0 Å². The van der Waals surface area contributed by atoms with Gasteiger partial charge in [-0.25, -0.2) is 9.59 Å². The van der Waals surface area contributed by atoms with Crippen LogP contribution in [0.3, 0.4) is 0 Å². The van der Waals surface area contributed by atoms with E-state index in [4.69, 9.17) is 9.47 Å². The molecule has 0 saturated carbocycles. The molecule has 0 unspecified atom stereocenters. The van der Waals surface area contributed by atoms with Gasteiger partial charge in [0.25, 0.3) is 0 Å². The third-order valence-electron chi connectivity index (χ3n) is 5.50. The fraction of sp³-hybridized carbons (Fsp3) is 0.533. The number of carbonyl (C=O) groups is 2. The summed E-state index contributed by atoms with van der Waals surface area (Å²) in [6.45, 7) is 15.2. The molecule has 0 saturated heterocycles. The standard InChI is InChI=1S/C30H45N3O4/c1-8-33(21-25(19-23-15-11-9-12-16-23)31-27(34)36-29(2,3)4)22-26(20-24-17-13-10-14-18-24)32-28(35)37-30(5,6)7/h9-18,25-26H,8,19-22H2,1-7H3,(H,31,34)(H,32,35)/t25-,26-/m1/s1. The summed E-state index contributed by atoms with van der Waals surface area (Å²) < 4.78 is 11.1. The van der Waals surface area contributed by atoms with E-state index >= 15 is 0 Å². The van der Waals surface area contributed by atoms with E-state index in [0.29, 0.717) is 25.9 Å². The molecule has 2 atom stereocenters. The second-order valence-electron chi connectivity index (χ2n) is 11.4. The molecule has 2 N–H and O–H groups in total. The molecule has 0 aliphatic carbocycles. The van der Waals surface area contributed by atoms with Crippen molar-refractivity contribution in [3.05, 3.63) is 71.8 Å². The number of hydrogen-bond acceptors (Lipinski definition) is 5. The van der Waals surface area contributed by atoms with Gasteiger partial charge in [0.15, 0.2) is 0 Å². The van der Waals surface area contributed by atoms with Crippen LogP contribution in [0.5, 0.6) is 0 Å². The zero-order chi connectivity index (χ0) is 27.5. The Kier molecular flexibility index (Phi) is 11.4. The van der Waals surface area contributed by atoms with Gasteiger partial charge in [-0.1, -0.05) is 67.6 Å². The molecule has 0 aromatic heterocycles. The van der Waals surface area contributed by atoms with E-state index in [1.54, 1.807) is 0 Å². The van der Waals surface area contributed by atoms with Gasteiger partial charge in [-0.05, 0) is 72.1 Å². The normalized spacial score (nSPS) is 13.5. The lowest BCUT2D eigenvalue weighted by Crippen LogP contribution is -2.51. The van der Waals surface area contributed by atoms with Gasteiger partial charge in [-0.3, -0.25) is 4.90 Å². The number of carbonyl (C=O) groups excluding carboxylic acids is 2. The first-order valence-corrected chi connectivity index (χ1v) is 13.1. The molecule has 7 nitrogen and oxygen atoms in total. The maximum atomic E-state index is 12.6. The van der Waals surface area contributed by atoms with E-state index in [0.717, 1.165) is 17.7 Å². The molecule has 0 fully saturated rings. The fourth-order valence-corrected chi connectivity index (χ4v) is 4.02. The van der Waals surface area contributed by atoms with Crippen LogP contribution < -0.4 is 10.6 Å². The first kappa shape index (κ1) is 30.2. The van der Waals surface area contributed by atoms with Crippen molar-refractivity contribution < 1.29 is 19.1 Å². The molecule has 0 radical (unpaired) electrons. The van der Waals surface area contributed by atoms with E-state index in [2.05, 4.69) is 46.7 Å². The van der Waals surface area contributed by atoms with Crippen molar-refractivity contribution in [2.45, 2.75) is 84.6 Å². The zero-order valence-electron chi connectivity index (χ0n) is 23.5. The first-order chi connectivity index (χ1) is 17.3. The topological polar surface area (TPSA) is 79.9 Å². The highest BCUT2D eigenvalue weighted by atomic mass is 16.6. The van der Waals surface area contributed by atoms with Gasteiger partial charge in [0.05, 0.1) is 0 Å². The van der Waals surface area contributed by atoms with Gasteiger partial charge in [0, 0.05) is 25.2 Å². The van der Waals surface area contributed by atoms with Crippen molar-refractivity contribution in [2.75, 3.05) is 19.6 Å². The number of nitrogens with one attached hydrogen (secondary N) is 2. The molecule has 0 aliphatic rings. The van der Waals surface area contributed by atoms with E-state index in [1.807, 2.05) is 77.9 Å². The minimum Gasteiger partial charge on any atom is -0.444 e. The molecule has 2 aromatic carbocycles. The number of nitrogens with zero attached hydrogens (tertiary/aromatic N) is 1. The van der Waals surface area contributed by atoms with Gasteiger partial charge in [0.1, 0.15) is 11.2 Å². The number of rotatable bonds is 11. The van der Waals surface area contributed by atoms with Crippen molar-refractivity contribution in [1.29, 1.82) is 0 Å². The van der Waals surface area contributed by atoms with Crippen molar-refractivity contribution in [3.8, 4) is 0 Å². The smallest absolute Gasteiger partial charge is 0.407 e. The monoisotopic (exact) mass is 511 g/mol. The predicted molar refractivity (Wildman–Crippen MR) is 149 cm³/mol. The number of ether oxygens (including phenoxy) is 2. The summed E-state index contributed by atoms with van der Waals surface area (Å²) in [7, 11) is 0. The van der Waals surface area contributed by atoms with Crippen molar-refractivity contribution in [2.24, 2.45) is 0 Å². The quantitative estimate of drug-likeness (QED) is 0.412. The van der Waals surface area contributed by atoms with Crippen LogP contribution in [0.1, 0.15) is 59.6 Å². The maximum Gasteiger partial charge on any atom is 0.407 e. The van der Waals surface area contributed by atoms with Crippen LogP contribution >= 0.6 is 0 Å². The van der Waals surface area contributed by atoms with Crippen molar-refractivity contribution >= 4 is 12.2 Å². The van der Waals surface area contributed by atoms with Crippen LogP contribution in [-0.4, -0.2) is 60.0 Å². The number of benzene rings is 2. The predicted octanol–water partition coefficient (Wildman–Crippen LogP) is 5.58. The highest BCUT2D eigenvalue weighted by Crippen LogP contribution is 2.12. The Morgan fingerprint density at radius 3 is 1.35 bits per heavy atom. The molecular weight excluding hydrogens is 466 g/mol. The molecule has 2 amide bonds. The summed E-state index contributed by atoms with van der Waals surface area (Å²) in [5.74, 6) is 0. The van der Waals surface area contributed by atoms with Crippen LogP contribution in [0, 0.1) is 0 Å². The highest BCUT2D eigenvalue weighted by Gasteiger charge is 2.25. The molecule has 37 heavy (non-hydrogen) atoms. The number of amides is 2. The molecule has 0 bridgehead atoms. The van der Waals surface area contributed by atoms with E-state index in [9.17, 15) is 9.59 Å². The third-order valence-corrected chi connectivity index (χ3v) is 5.50. The average Bonchev–Trinajstić information content (AvgIpc) is 2.77. The largest absolute Gasteiger partial charge is 0.444 e. The molecule has 204 valence electrons. The zero-order valence-corrected chi connectivity index (χ0v) is 23.5. The summed E-state index contributed by atoms with van der Waals surface area (Å²) in [4.78, 5) is 27.5. The third kappa shape index (κ3) is 13.2. The van der Waals surface area contributed by atoms with Crippen molar-refractivity contribution in [1.82, 2.24) is 15.5 Å². The average molecular weight is 512 g/mol. The minimum atomic E-state index is -0.579. The Labute approximate surface area is 222 Å². The molecule has 0 heterocycles. The SMILES string of the molecule is CCN(C[C@@H](Cc1ccccc1)NC(=O)OC(C)(C)C)C[C@@H](Cc1ccccc1)NC(=O)OC(C)(C)C. The lowest BCUT2D eigenvalue weighted by Gasteiger charge is -2.32. The van der Waals surface area contributed by atoms with Crippen LogP contribution in [0.15, 0.2) is 60.7 Å². The molecule has 7 heteroatoms. The maximum absolute atomic E-state index is 12.6. The Morgan fingerprint density at radius 2 is 1.05 bits per heavy atom. The Bertz CT molecular complexity index is 875. The molecule has 0 aliphatic heterocycles. The summed E-state index contributed by atoms with van der Waals surface area (Å²) >= 11 is 0. The first-order valence-electron chi connectivity index (χ1n) is 13.1. The summed E-state index contributed by atoms with van der Waals surface area (Å²) in [5, 5.41) is 6.13. The molecule has 2 aromatic rings. The van der Waals surface area contributed by atoms with Gasteiger partial charge in [-0.15, -0.1) is 0 Å². The molecule has 0 spiro atoms. The second kappa shape index (κ2) is 14.0. The lowest BCUT2D eigenvalue weighted by atomic mass is 10.0. The number of alkyl carbamates (subject to hydrolysis) is 2. The Morgan fingerprint density at radius 1 is 0.703 bits per heavy atom. The molecule has 2 rings (SSSR count). The van der Waals surface area contributed by atoms with E-state index in [1.165, 1.54) is 0 Å². The van der Waals surface area contributed by atoms with Gasteiger partial charge < -0.3 is 20.1 Å². The van der Waals surface area contributed by atoms with Crippen LogP contribution in [0.25, 0.3) is 0 Å². The Balaban J connectivity index is 2.17. The summed E-state index contributed by atoms with van der Waals surface area (Å²) in [6.07, 6.45) is 0.466. The van der Waals surface area contributed by atoms with Gasteiger partial charge >= 0.3 is 12.2 Å². The van der Waals surface area contributed by atoms with E-state index < -0.39 is 23.4 Å². The fourth-order valence-electron chi connectivity index (χ4n) is 4.02. The number of likely N-dealkylation sites (N-methyl/N-ethyl adjacent to an activating group) is 1. The highest BCUT2D eigenvalue weighted by molar-refractivity contribution is 5.68. The number of hydrogen-bond donors (Lipinski definition) is 2. The van der Waals surface area contributed by atoms with Crippen LogP contribution in [0.4, 0.5) is 9.59 Å². The summed E-state index contributed by atoms with van der Waals surface area (Å²) in [5.41, 5.74) is 1.10. The molecular formula is C30H45N3O4. The van der Waals surface area contributed by atoms with Gasteiger partial charge in [-0.2, -0.15) is 0 Å². The lowest BCUT2D eigenvalue weighted by molar-refractivity contribution is 0.0483. The minimum absolute atomic E-state index is 0.170. The summed E-state index contributed by atoms with van der Waals surface area (Å²) in [6, 6.07) is 19.8. The van der Waals surface area contributed by atoms with Gasteiger partial charge in [0.2, 0.25) is 0 Å².